The summed E-state index contributed by atoms with van der Waals surface area (Å²) in [6.45, 7) is 3.48. The van der Waals surface area contributed by atoms with Gasteiger partial charge in [0, 0.05) is 5.02 Å². The van der Waals surface area contributed by atoms with Crippen molar-refractivity contribution in [1.82, 2.24) is 0 Å². The molecule has 7 heteroatoms. The summed E-state index contributed by atoms with van der Waals surface area (Å²) in [5, 5.41) is 0.585. The van der Waals surface area contributed by atoms with Crippen LogP contribution in [0.5, 0.6) is 5.75 Å². The SMILES string of the molecule is CCOC(=O)C(Oc1ccc(Cl)cc1Cl)C(=O)OCC. The van der Waals surface area contributed by atoms with E-state index < -0.39 is 18.0 Å². The van der Waals surface area contributed by atoms with Crippen molar-refractivity contribution >= 4 is 35.1 Å². The third-order valence-corrected chi connectivity index (χ3v) is 2.67. The van der Waals surface area contributed by atoms with Crippen LogP contribution in [0, 0.1) is 0 Å². The van der Waals surface area contributed by atoms with Crippen LogP contribution in [0.1, 0.15) is 13.8 Å². The topological polar surface area (TPSA) is 61.8 Å². The van der Waals surface area contributed by atoms with Crippen LogP contribution in [-0.4, -0.2) is 31.3 Å². The van der Waals surface area contributed by atoms with Gasteiger partial charge in [-0.25, -0.2) is 9.59 Å². The average Bonchev–Trinajstić information content (AvgIpc) is 2.38. The normalized spacial score (nSPS) is 10.2. The molecule has 0 saturated heterocycles. The smallest absolute Gasteiger partial charge is 0.359 e. The monoisotopic (exact) mass is 320 g/mol. The van der Waals surface area contributed by atoms with Crippen LogP contribution in [0.3, 0.4) is 0 Å². The second-order valence-corrected chi connectivity index (χ2v) is 4.42. The quantitative estimate of drug-likeness (QED) is 0.595. The predicted molar refractivity (Wildman–Crippen MR) is 74.1 cm³/mol. The van der Waals surface area contributed by atoms with Gasteiger partial charge in [-0.05, 0) is 32.0 Å². The summed E-state index contributed by atoms with van der Waals surface area (Å²) in [6, 6.07) is 4.41. The molecular weight excluding hydrogens is 307 g/mol. The van der Waals surface area contributed by atoms with E-state index in [2.05, 4.69) is 0 Å². The molecule has 0 amide bonds. The Bertz CT molecular complexity index is 472. The molecule has 0 fully saturated rings. The minimum absolute atomic E-state index is 0.118. The highest BCUT2D eigenvalue weighted by Crippen LogP contribution is 2.28. The first-order chi connectivity index (χ1) is 9.49. The Labute approximate surface area is 126 Å². The fourth-order valence-electron chi connectivity index (χ4n) is 1.33. The van der Waals surface area contributed by atoms with Gasteiger partial charge in [-0.1, -0.05) is 23.2 Å². The van der Waals surface area contributed by atoms with Crippen LogP contribution in [0.2, 0.25) is 10.0 Å². The van der Waals surface area contributed by atoms with Gasteiger partial charge in [-0.3, -0.25) is 0 Å². The number of carbonyl (C=O) groups excluding carboxylic acids is 2. The van der Waals surface area contributed by atoms with Gasteiger partial charge >= 0.3 is 11.9 Å². The summed E-state index contributed by atoms with van der Waals surface area (Å²) in [6.07, 6.45) is -1.52. The zero-order valence-electron chi connectivity index (χ0n) is 11.0. The van der Waals surface area contributed by atoms with Crippen molar-refractivity contribution in [3.05, 3.63) is 28.2 Å². The Kier molecular flexibility index (Phi) is 6.61. The number of rotatable bonds is 6. The highest BCUT2D eigenvalue weighted by molar-refractivity contribution is 6.35. The largest absolute Gasteiger partial charge is 0.465 e. The van der Waals surface area contributed by atoms with E-state index >= 15 is 0 Å². The Morgan fingerprint density at radius 3 is 2.10 bits per heavy atom. The Morgan fingerprint density at radius 1 is 1.10 bits per heavy atom. The van der Waals surface area contributed by atoms with E-state index in [-0.39, 0.29) is 24.0 Å². The lowest BCUT2D eigenvalue weighted by molar-refractivity contribution is -0.166. The van der Waals surface area contributed by atoms with Crippen molar-refractivity contribution in [2.75, 3.05) is 13.2 Å². The van der Waals surface area contributed by atoms with Gasteiger partial charge in [0.25, 0.3) is 6.10 Å². The van der Waals surface area contributed by atoms with Crippen LogP contribution >= 0.6 is 23.2 Å². The molecule has 20 heavy (non-hydrogen) atoms. The molecule has 0 saturated carbocycles. The predicted octanol–water partition coefficient (Wildman–Crippen LogP) is 2.87. The van der Waals surface area contributed by atoms with Gasteiger partial charge in [0.05, 0.1) is 18.2 Å². The van der Waals surface area contributed by atoms with Crippen LogP contribution in [0.15, 0.2) is 18.2 Å². The summed E-state index contributed by atoms with van der Waals surface area (Å²) in [7, 11) is 0. The molecule has 0 radical (unpaired) electrons. The summed E-state index contributed by atoms with van der Waals surface area (Å²) in [4.78, 5) is 23.4. The highest BCUT2D eigenvalue weighted by atomic mass is 35.5. The molecule has 0 atom stereocenters. The van der Waals surface area contributed by atoms with Crippen LogP contribution < -0.4 is 4.74 Å². The first kappa shape index (κ1) is 16.6. The van der Waals surface area contributed by atoms with Crippen molar-refractivity contribution in [1.29, 1.82) is 0 Å². The lowest BCUT2D eigenvalue weighted by Gasteiger charge is -2.17. The van der Waals surface area contributed by atoms with E-state index in [1.807, 2.05) is 0 Å². The van der Waals surface area contributed by atoms with E-state index in [0.29, 0.717) is 5.02 Å². The van der Waals surface area contributed by atoms with Gasteiger partial charge in [0.1, 0.15) is 5.75 Å². The number of esters is 2. The number of halogens is 2. The van der Waals surface area contributed by atoms with Gasteiger partial charge in [-0.2, -0.15) is 0 Å². The summed E-state index contributed by atoms with van der Waals surface area (Å²) in [5.41, 5.74) is 0. The fourth-order valence-corrected chi connectivity index (χ4v) is 1.78. The van der Waals surface area contributed by atoms with Crippen molar-refractivity contribution in [3.63, 3.8) is 0 Å². The molecule has 0 bridgehead atoms. The lowest BCUT2D eigenvalue weighted by Crippen LogP contribution is -2.38. The molecule has 0 aliphatic carbocycles. The molecule has 1 rings (SSSR count). The van der Waals surface area contributed by atoms with E-state index in [9.17, 15) is 9.59 Å². The van der Waals surface area contributed by atoms with Gasteiger partial charge in [0.15, 0.2) is 0 Å². The van der Waals surface area contributed by atoms with Gasteiger partial charge in [-0.15, -0.1) is 0 Å². The Morgan fingerprint density at radius 2 is 1.65 bits per heavy atom. The molecule has 0 aliphatic rings. The maximum absolute atomic E-state index is 11.7. The van der Waals surface area contributed by atoms with E-state index in [4.69, 9.17) is 37.4 Å². The van der Waals surface area contributed by atoms with Crippen LogP contribution in [0.4, 0.5) is 0 Å². The molecule has 0 N–H and O–H groups in total. The molecule has 0 heterocycles. The minimum atomic E-state index is -1.52. The molecular formula is C13H14Cl2O5. The molecule has 1 aromatic rings. The standard InChI is InChI=1S/C13H14Cl2O5/c1-3-18-12(16)11(13(17)19-4-2)20-10-6-5-8(14)7-9(10)15/h5-7,11H,3-4H2,1-2H3. The minimum Gasteiger partial charge on any atom is -0.465 e. The first-order valence-electron chi connectivity index (χ1n) is 5.94. The molecule has 5 nitrogen and oxygen atoms in total. The van der Waals surface area contributed by atoms with E-state index in [1.54, 1.807) is 13.8 Å². The molecule has 1 aromatic carbocycles. The Balaban J connectivity index is 2.93. The summed E-state index contributed by atoms with van der Waals surface area (Å²) in [5.74, 6) is -1.53. The first-order valence-corrected chi connectivity index (χ1v) is 6.70. The lowest BCUT2D eigenvalue weighted by atomic mass is 10.3. The van der Waals surface area contributed by atoms with Crippen LogP contribution in [-0.2, 0) is 19.1 Å². The van der Waals surface area contributed by atoms with Crippen molar-refractivity contribution in [3.8, 4) is 5.75 Å². The number of benzene rings is 1. The third kappa shape index (κ3) is 4.58. The third-order valence-electron chi connectivity index (χ3n) is 2.14. The molecule has 0 spiro atoms. The number of carbonyl (C=O) groups is 2. The van der Waals surface area contributed by atoms with Crippen molar-refractivity contribution in [2.45, 2.75) is 20.0 Å². The van der Waals surface area contributed by atoms with Gasteiger partial charge < -0.3 is 14.2 Å². The van der Waals surface area contributed by atoms with E-state index in [1.165, 1.54) is 18.2 Å². The Hall–Kier alpha value is -1.46. The molecule has 0 aromatic heterocycles. The molecule has 0 unspecified atom stereocenters. The fraction of sp³-hybridized carbons (Fsp3) is 0.385. The van der Waals surface area contributed by atoms with Crippen molar-refractivity contribution in [2.24, 2.45) is 0 Å². The second-order valence-electron chi connectivity index (χ2n) is 3.58. The zero-order valence-corrected chi connectivity index (χ0v) is 12.5. The van der Waals surface area contributed by atoms with Crippen molar-refractivity contribution < 1.29 is 23.8 Å². The molecule has 0 aliphatic heterocycles. The average molecular weight is 321 g/mol. The summed E-state index contributed by atoms with van der Waals surface area (Å²) < 4.78 is 14.8. The maximum Gasteiger partial charge on any atom is 0.359 e. The highest BCUT2D eigenvalue weighted by Gasteiger charge is 2.32. The number of hydrogen-bond acceptors (Lipinski definition) is 5. The summed E-state index contributed by atoms with van der Waals surface area (Å²) >= 11 is 11.7. The van der Waals surface area contributed by atoms with Crippen LogP contribution in [0.25, 0.3) is 0 Å². The second kappa shape index (κ2) is 7.97. The molecule has 110 valence electrons. The zero-order chi connectivity index (χ0) is 15.1. The maximum atomic E-state index is 11.7. The van der Waals surface area contributed by atoms with Gasteiger partial charge in [0.2, 0.25) is 0 Å². The number of hydrogen-bond donors (Lipinski definition) is 0. The van der Waals surface area contributed by atoms with E-state index in [0.717, 1.165) is 0 Å². The number of ether oxygens (including phenoxy) is 3.